The Labute approximate surface area is 88.3 Å². The van der Waals surface area contributed by atoms with Crippen LogP contribution in [0.2, 0.25) is 0 Å². The number of anilines is 2. The molecule has 78 valence electrons. The third-order valence-electron chi connectivity index (χ3n) is 2.21. The molecule has 2 heterocycles. The molecule has 2 aromatic rings. The Morgan fingerprint density at radius 1 is 1.47 bits per heavy atom. The second-order valence-electron chi connectivity index (χ2n) is 3.37. The van der Waals surface area contributed by atoms with E-state index in [4.69, 9.17) is 10.2 Å². The lowest BCUT2D eigenvalue weighted by molar-refractivity contribution is 0.507. The number of nitrogens with zero attached hydrogens (tertiary/aromatic N) is 2. The van der Waals surface area contributed by atoms with Crippen LogP contribution >= 0.6 is 0 Å². The topological polar surface area (TPSA) is 55.3 Å². The molecule has 0 atom stereocenters. The van der Waals surface area contributed by atoms with Crippen LogP contribution in [0.3, 0.4) is 0 Å². The van der Waals surface area contributed by atoms with Gasteiger partial charge in [-0.2, -0.15) is 0 Å². The number of pyridine rings is 1. The number of rotatable bonds is 3. The summed E-state index contributed by atoms with van der Waals surface area (Å²) in [5, 5.41) is 0. The van der Waals surface area contributed by atoms with Crippen molar-refractivity contribution in [1.82, 2.24) is 4.98 Å². The zero-order valence-electron chi connectivity index (χ0n) is 8.55. The number of nitrogen functional groups attached to an aromatic ring is 1. The number of aromatic nitrogens is 1. The Balaban J connectivity index is 2.15. The zero-order valence-corrected chi connectivity index (χ0v) is 8.55. The van der Waals surface area contributed by atoms with Crippen LogP contribution in [0.5, 0.6) is 0 Å². The lowest BCUT2D eigenvalue weighted by Crippen LogP contribution is -2.17. The molecule has 0 saturated carbocycles. The molecule has 0 aliphatic heterocycles. The highest BCUT2D eigenvalue weighted by atomic mass is 16.3. The SMILES string of the molecule is CN(Cc1ccco1)c1ccncc1N. The summed E-state index contributed by atoms with van der Waals surface area (Å²) in [6.45, 7) is 0.696. The lowest BCUT2D eigenvalue weighted by atomic mass is 10.3. The van der Waals surface area contributed by atoms with Gasteiger partial charge < -0.3 is 15.1 Å². The zero-order chi connectivity index (χ0) is 10.7. The van der Waals surface area contributed by atoms with Crippen LogP contribution in [0.25, 0.3) is 0 Å². The molecule has 0 bridgehead atoms. The van der Waals surface area contributed by atoms with E-state index in [2.05, 4.69) is 4.98 Å². The van der Waals surface area contributed by atoms with Crippen LogP contribution in [-0.4, -0.2) is 12.0 Å². The van der Waals surface area contributed by atoms with Crippen LogP contribution in [0, 0.1) is 0 Å². The van der Waals surface area contributed by atoms with Crippen LogP contribution < -0.4 is 10.6 Å². The van der Waals surface area contributed by atoms with Gasteiger partial charge in [0.25, 0.3) is 0 Å². The molecule has 0 amide bonds. The minimum absolute atomic E-state index is 0.673. The summed E-state index contributed by atoms with van der Waals surface area (Å²) in [7, 11) is 1.97. The van der Waals surface area contributed by atoms with Crippen LogP contribution in [-0.2, 0) is 6.54 Å². The monoisotopic (exact) mass is 203 g/mol. The largest absolute Gasteiger partial charge is 0.467 e. The summed E-state index contributed by atoms with van der Waals surface area (Å²) in [5.74, 6) is 0.911. The highest BCUT2D eigenvalue weighted by Gasteiger charge is 2.06. The molecule has 15 heavy (non-hydrogen) atoms. The Hall–Kier alpha value is -1.97. The average Bonchev–Trinajstić information content (AvgIpc) is 2.71. The molecule has 0 fully saturated rings. The Bertz CT molecular complexity index is 425. The molecule has 0 aliphatic rings. The van der Waals surface area contributed by atoms with E-state index in [1.54, 1.807) is 18.7 Å². The summed E-state index contributed by atoms with van der Waals surface area (Å²) >= 11 is 0. The molecule has 0 aromatic carbocycles. The molecule has 4 heteroatoms. The van der Waals surface area contributed by atoms with Gasteiger partial charge >= 0.3 is 0 Å². The van der Waals surface area contributed by atoms with Gasteiger partial charge in [-0.25, -0.2) is 0 Å². The molecule has 2 rings (SSSR count). The molecule has 0 unspecified atom stereocenters. The van der Waals surface area contributed by atoms with Crippen molar-refractivity contribution in [2.24, 2.45) is 0 Å². The van der Waals surface area contributed by atoms with Gasteiger partial charge in [0.2, 0.25) is 0 Å². The van der Waals surface area contributed by atoms with Crippen molar-refractivity contribution in [2.75, 3.05) is 17.7 Å². The highest BCUT2D eigenvalue weighted by Crippen LogP contribution is 2.21. The predicted octanol–water partition coefficient (Wildman–Crippen LogP) is 1.89. The van der Waals surface area contributed by atoms with E-state index in [1.807, 2.05) is 30.1 Å². The Kier molecular flexibility index (Phi) is 2.58. The van der Waals surface area contributed by atoms with Crippen LogP contribution in [0.15, 0.2) is 41.3 Å². The van der Waals surface area contributed by atoms with Crippen molar-refractivity contribution in [3.05, 3.63) is 42.6 Å². The minimum atomic E-state index is 0.673. The molecule has 0 spiro atoms. The maximum Gasteiger partial charge on any atom is 0.123 e. The van der Waals surface area contributed by atoms with Crippen molar-refractivity contribution in [1.29, 1.82) is 0 Å². The third-order valence-corrected chi connectivity index (χ3v) is 2.21. The van der Waals surface area contributed by atoms with Crippen LogP contribution in [0.1, 0.15) is 5.76 Å². The van der Waals surface area contributed by atoms with Crippen molar-refractivity contribution >= 4 is 11.4 Å². The van der Waals surface area contributed by atoms with E-state index in [0.29, 0.717) is 12.2 Å². The van der Waals surface area contributed by atoms with Crippen molar-refractivity contribution in [3.8, 4) is 0 Å². The fourth-order valence-corrected chi connectivity index (χ4v) is 1.47. The second-order valence-corrected chi connectivity index (χ2v) is 3.37. The van der Waals surface area contributed by atoms with Gasteiger partial charge in [0.05, 0.1) is 30.4 Å². The van der Waals surface area contributed by atoms with Gasteiger partial charge in [-0.05, 0) is 18.2 Å². The molecule has 2 N–H and O–H groups in total. The second kappa shape index (κ2) is 4.04. The van der Waals surface area contributed by atoms with Gasteiger partial charge in [-0.3, -0.25) is 4.98 Å². The molecular formula is C11H13N3O. The van der Waals surface area contributed by atoms with Crippen molar-refractivity contribution < 1.29 is 4.42 Å². The predicted molar refractivity (Wildman–Crippen MR) is 59.5 cm³/mol. The van der Waals surface area contributed by atoms with E-state index in [9.17, 15) is 0 Å². The fourth-order valence-electron chi connectivity index (χ4n) is 1.47. The standard InChI is InChI=1S/C11H13N3O/c1-14(8-9-3-2-6-15-9)11-4-5-13-7-10(11)12/h2-7H,8,12H2,1H3. The number of furan rings is 1. The number of hydrogen-bond donors (Lipinski definition) is 1. The van der Waals surface area contributed by atoms with Gasteiger partial charge in [-0.15, -0.1) is 0 Å². The van der Waals surface area contributed by atoms with E-state index in [0.717, 1.165) is 11.4 Å². The Morgan fingerprint density at radius 3 is 3.00 bits per heavy atom. The maximum absolute atomic E-state index is 5.82. The van der Waals surface area contributed by atoms with Gasteiger partial charge in [0.15, 0.2) is 0 Å². The molecule has 0 radical (unpaired) electrons. The summed E-state index contributed by atoms with van der Waals surface area (Å²) in [4.78, 5) is 5.97. The van der Waals surface area contributed by atoms with Crippen molar-refractivity contribution in [3.63, 3.8) is 0 Å². The minimum Gasteiger partial charge on any atom is -0.467 e. The maximum atomic E-state index is 5.82. The van der Waals surface area contributed by atoms with Gasteiger partial charge in [0.1, 0.15) is 5.76 Å². The summed E-state index contributed by atoms with van der Waals surface area (Å²) < 4.78 is 5.27. The summed E-state index contributed by atoms with van der Waals surface area (Å²) in [5.41, 5.74) is 7.45. The first-order valence-corrected chi connectivity index (χ1v) is 4.70. The summed E-state index contributed by atoms with van der Waals surface area (Å²) in [6, 6.07) is 5.70. The normalized spacial score (nSPS) is 10.2. The first kappa shape index (κ1) is 9.58. The van der Waals surface area contributed by atoms with Gasteiger partial charge in [0, 0.05) is 13.2 Å². The van der Waals surface area contributed by atoms with Gasteiger partial charge in [-0.1, -0.05) is 0 Å². The Morgan fingerprint density at radius 2 is 2.33 bits per heavy atom. The van der Waals surface area contributed by atoms with Crippen LogP contribution in [0.4, 0.5) is 11.4 Å². The molecular weight excluding hydrogens is 190 g/mol. The summed E-state index contributed by atoms with van der Waals surface area (Å²) in [6.07, 6.45) is 5.04. The third kappa shape index (κ3) is 2.10. The lowest BCUT2D eigenvalue weighted by Gasteiger charge is -2.19. The van der Waals surface area contributed by atoms with E-state index >= 15 is 0 Å². The number of nitrogens with two attached hydrogens (primary N) is 1. The first-order chi connectivity index (χ1) is 7.27. The van der Waals surface area contributed by atoms with E-state index in [1.165, 1.54) is 0 Å². The first-order valence-electron chi connectivity index (χ1n) is 4.70. The average molecular weight is 203 g/mol. The van der Waals surface area contributed by atoms with E-state index in [-0.39, 0.29) is 0 Å². The van der Waals surface area contributed by atoms with Crippen molar-refractivity contribution in [2.45, 2.75) is 6.54 Å². The number of hydrogen-bond acceptors (Lipinski definition) is 4. The molecule has 0 saturated heterocycles. The molecule has 4 nitrogen and oxygen atoms in total. The quantitative estimate of drug-likeness (QED) is 0.827. The molecule has 0 aliphatic carbocycles. The highest BCUT2D eigenvalue weighted by molar-refractivity contribution is 5.65. The smallest absolute Gasteiger partial charge is 0.123 e. The van der Waals surface area contributed by atoms with E-state index < -0.39 is 0 Å². The molecule has 2 aromatic heterocycles. The fraction of sp³-hybridized carbons (Fsp3) is 0.182.